The normalized spacial score (nSPS) is 25.0. The van der Waals surface area contributed by atoms with Crippen LogP contribution in [0.15, 0.2) is 52.2 Å². The van der Waals surface area contributed by atoms with E-state index < -0.39 is 0 Å². The van der Waals surface area contributed by atoms with Gasteiger partial charge in [-0.15, -0.1) is 0 Å². The molecule has 1 aliphatic rings. The average Bonchev–Trinajstić information content (AvgIpc) is 2.16. The van der Waals surface area contributed by atoms with E-state index in [9.17, 15) is 0 Å². The third-order valence-electron chi connectivity index (χ3n) is 1.96. The fourth-order valence-corrected chi connectivity index (χ4v) is 1.21. The van der Waals surface area contributed by atoms with Crippen LogP contribution in [0, 0.1) is 0 Å². The summed E-state index contributed by atoms with van der Waals surface area (Å²) >= 11 is 5.78. The molecule has 0 aromatic rings. The van der Waals surface area contributed by atoms with Crippen LogP contribution in [0.2, 0.25) is 0 Å². The first-order valence-electron chi connectivity index (χ1n) is 4.34. The Hall–Kier alpha value is -1.28. The lowest BCUT2D eigenvalue weighted by Crippen LogP contribution is -2.15. The van der Waals surface area contributed by atoms with Crippen LogP contribution < -0.4 is 5.73 Å². The Balaban J connectivity index is 2.92. The molecule has 0 bridgehead atoms. The fourth-order valence-electron chi connectivity index (χ4n) is 1.14. The van der Waals surface area contributed by atoms with Crippen molar-refractivity contribution in [2.24, 2.45) is 10.7 Å². The Labute approximate surface area is 89.2 Å². The Bertz CT molecular complexity index is 348. The van der Waals surface area contributed by atoms with Gasteiger partial charge in [0.05, 0.1) is 6.04 Å². The minimum absolute atomic E-state index is 0.0885. The van der Waals surface area contributed by atoms with Gasteiger partial charge in [-0.1, -0.05) is 30.3 Å². The van der Waals surface area contributed by atoms with Crippen LogP contribution in [-0.2, 0) is 0 Å². The molecule has 0 aromatic carbocycles. The van der Waals surface area contributed by atoms with Gasteiger partial charge in [0.15, 0.2) is 0 Å². The van der Waals surface area contributed by atoms with Gasteiger partial charge in [-0.25, -0.2) is 0 Å². The third kappa shape index (κ3) is 2.60. The van der Waals surface area contributed by atoms with Gasteiger partial charge in [0.1, 0.15) is 0 Å². The quantitative estimate of drug-likeness (QED) is 0.696. The van der Waals surface area contributed by atoms with Crippen LogP contribution >= 0.6 is 11.6 Å². The molecule has 74 valence electrons. The highest BCUT2D eigenvalue weighted by Gasteiger charge is 2.11. The molecular weight excluding hydrogens is 196 g/mol. The highest BCUT2D eigenvalue weighted by molar-refractivity contribution is 6.31. The number of nitrogens with zero attached hydrogens (tertiary/aromatic N) is 1. The van der Waals surface area contributed by atoms with E-state index in [0.717, 1.165) is 11.3 Å². The van der Waals surface area contributed by atoms with Crippen molar-refractivity contribution in [3.05, 3.63) is 47.2 Å². The molecule has 1 heterocycles. The van der Waals surface area contributed by atoms with Crippen LogP contribution in [0.4, 0.5) is 0 Å². The molecule has 0 radical (unpaired) electrons. The summed E-state index contributed by atoms with van der Waals surface area (Å²) in [7, 11) is 0. The van der Waals surface area contributed by atoms with E-state index in [0.29, 0.717) is 5.03 Å². The van der Waals surface area contributed by atoms with Gasteiger partial charge in [0, 0.05) is 16.9 Å². The Morgan fingerprint density at radius 1 is 1.71 bits per heavy atom. The molecule has 1 unspecified atom stereocenters. The molecule has 0 saturated carbocycles. The van der Waals surface area contributed by atoms with E-state index in [2.05, 4.69) is 11.6 Å². The van der Waals surface area contributed by atoms with E-state index in [1.54, 1.807) is 24.4 Å². The number of dihydropyridines is 1. The fraction of sp³-hybridized carbons (Fsp3) is 0.182. The summed E-state index contributed by atoms with van der Waals surface area (Å²) in [6.45, 7) is 5.54. The predicted octanol–water partition coefficient (Wildman–Crippen LogP) is 2.54. The van der Waals surface area contributed by atoms with Crippen molar-refractivity contribution in [3.8, 4) is 0 Å². The van der Waals surface area contributed by atoms with E-state index in [1.807, 2.05) is 13.0 Å². The SMILES string of the molecule is C=C/C(Cl)=C\C=C1\C(N)=CC=NC1C. The minimum atomic E-state index is 0.0885. The number of halogens is 1. The first-order valence-corrected chi connectivity index (χ1v) is 4.72. The maximum atomic E-state index is 5.80. The van der Waals surface area contributed by atoms with E-state index >= 15 is 0 Å². The zero-order valence-corrected chi connectivity index (χ0v) is 8.83. The van der Waals surface area contributed by atoms with Crippen molar-refractivity contribution in [1.82, 2.24) is 0 Å². The molecule has 1 atom stereocenters. The van der Waals surface area contributed by atoms with Crippen LogP contribution in [-0.4, -0.2) is 12.3 Å². The van der Waals surface area contributed by atoms with Crippen molar-refractivity contribution < 1.29 is 0 Å². The number of nitrogens with two attached hydrogens (primary N) is 1. The summed E-state index contributed by atoms with van der Waals surface area (Å²) in [6, 6.07) is 0.0885. The van der Waals surface area contributed by atoms with E-state index in [1.165, 1.54) is 0 Å². The van der Waals surface area contributed by atoms with Crippen LogP contribution in [0.25, 0.3) is 0 Å². The van der Waals surface area contributed by atoms with Gasteiger partial charge in [-0.2, -0.15) is 0 Å². The largest absolute Gasteiger partial charge is 0.398 e. The second-order valence-electron chi connectivity index (χ2n) is 2.97. The molecule has 0 fully saturated rings. The Morgan fingerprint density at radius 3 is 3.00 bits per heavy atom. The first kappa shape index (κ1) is 10.8. The molecule has 0 amide bonds. The summed E-state index contributed by atoms with van der Waals surface area (Å²) in [6.07, 6.45) is 8.71. The van der Waals surface area contributed by atoms with Crippen LogP contribution in [0.3, 0.4) is 0 Å². The molecule has 0 saturated heterocycles. The monoisotopic (exact) mass is 208 g/mol. The lowest BCUT2D eigenvalue weighted by atomic mass is 10.0. The molecule has 14 heavy (non-hydrogen) atoms. The van der Waals surface area contributed by atoms with Gasteiger partial charge in [-0.3, -0.25) is 4.99 Å². The highest BCUT2D eigenvalue weighted by atomic mass is 35.5. The Morgan fingerprint density at radius 2 is 2.43 bits per heavy atom. The van der Waals surface area contributed by atoms with Crippen molar-refractivity contribution in [2.45, 2.75) is 13.0 Å². The molecular formula is C11H13ClN2. The highest BCUT2D eigenvalue weighted by Crippen LogP contribution is 2.17. The van der Waals surface area contributed by atoms with E-state index in [4.69, 9.17) is 17.3 Å². The molecule has 0 aliphatic carbocycles. The third-order valence-corrected chi connectivity index (χ3v) is 2.24. The second-order valence-corrected chi connectivity index (χ2v) is 3.41. The summed E-state index contributed by atoms with van der Waals surface area (Å²) in [5, 5.41) is 0.590. The van der Waals surface area contributed by atoms with Gasteiger partial charge in [-0.05, 0) is 24.6 Å². The number of hydrogen-bond donors (Lipinski definition) is 1. The number of allylic oxidation sites excluding steroid dienone is 5. The molecule has 0 spiro atoms. The lowest BCUT2D eigenvalue weighted by molar-refractivity contribution is 0.862. The maximum absolute atomic E-state index is 5.80. The van der Waals surface area contributed by atoms with Crippen LogP contribution in [0.5, 0.6) is 0 Å². The smallest absolute Gasteiger partial charge is 0.0740 e. The zero-order valence-electron chi connectivity index (χ0n) is 8.07. The average molecular weight is 209 g/mol. The summed E-state index contributed by atoms with van der Waals surface area (Å²) < 4.78 is 0. The molecule has 1 aliphatic heterocycles. The van der Waals surface area contributed by atoms with Gasteiger partial charge in [0.2, 0.25) is 0 Å². The van der Waals surface area contributed by atoms with E-state index in [-0.39, 0.29) is 6.04 Å². The Kier molecular flexibility index (Phi) is 3.72. The van der Waals surface area contributed by atoms with Gasteiger partial charge >= 0.3 is 0 Å². The van der Waals surface area contributed by atoms with Crippen molar-refractivity contribution in [1.29, 1.82) is 0 Å². The molecule has 2 N–H and O–H groups in total. The van der Waals surface area contributed by atoms with Crippen molar-refractivity contribution >= 4 is 17.8 Å². The molecule has 0 aromatic heterocycles. The zero-order chi connectivity index (χ0) is 10.6. The number of hydrogen-bond acceptors (Lipinski definition) is 2. The maximum Gasteiger partial charge on any atom is 0.0740 e. The van der Waals surface area contributed by atoms with Crippen LogP contribution in [0.1, 0.15) is 6.92 Å². The summed E-state index contributed by atoms with van der Waals surface area (Å²) in [4.78, 5) is 4.22. The number of rotatable bonds is 2. The van der Waals surface area contributed by atoms with Gasteiger partial charge in [0.25, 0.3) is 0 Å². The molecule has 1 rings (SSSR count). The molecule has 3 heteroatoms. The second kappa shape index (κ2) is 4.82. The summed E-state index contributed by atoms with van der Waals surface area (Å²) in [5.41, 5.74) is 7.51. The predicted molar refractivity (Wildman–Crippen MR) is 62.4 cm³/mol. The van der Waals surface area contributed by atoms with Crippen molar-refractivity contribution in [3.63, 3.8) is 0 Å². The van der Waals surface area contributed by atoms with Gasteiger partial charge < -0.3 is 5.73 Å². The topological polar surface area (TPSA) is 38.4 Å². The summed E-state index contributed by atoms with van der Waals surface area (Å²) in [5.74, 6) is 0. The minimum Gasteiger partial charge on any atom is -0.398 e. The lowest BCUT2D eigenvalue weighted by Gasteiger charge is -2.14. The number of aliphatic imine (C=N–C) groups is 1. The van der Waals surface area contributed by atoms with Crippen molar-refractivity contribution in [2.75, 3.05) is 0 Å². The standard InChI is InChI=1S/C11H13ClN2/c1-3-9(12)4-5-10-8(2)14-7-6-11(10)13/h3-8H,1,13H2,2H3/b9-4+,10-5+. The molecule has 2 nitrogen and oxygen atoms in total. The first-order chi connectivity index (χ1) is 6.65.